The molecule has 4 heteroatoms. The van der Waals surface area contributed by atoms with E-state index in [1.807, 2.05) is 55.5 Å². The van der Waals surface area contributed by atoms with Gasteiger partial charge in [0.2, 0.25) is 5.91 Å². The first-order valence-electron chi connectivity index (χ1n) is 7.11. The van der Waals surface area contributed by atoms with E-state index in [1.54, 1.807) is 0 Å². The predicted octanol–water partition coefficient (Wildman–Crippen LogP) is 3.97. The molecule has 0 radical (unpaired) electrons. The number of imidazole rings is 1. The molecule has 0 fully saturated rings. The number of carbonyl (C=O) groups excluding carboxylic acids is 1. The van der Waals surface area contributed by atoms with Crippen LogP contribution in [0, 0.1) is 0 Å². The summed E-state index contributed by atoms with van der Waals surface area (Å²) in [5.74, 6) is 0.873. The van der Waals surface area contributed by atoms with Crippen molar-refractivity contribution < 1.29 is 4.79 Å². The number of aromatic nitrogens is 2. The van der Waals surface area contributed by atoms with E-state index >= 15 is 0 Å². The van der Waals surface area contributed by atoms with Crippen molar-refractivity contribution in [3.63, 3.8) is 0 Å². The number of fused-ring (bicyclic) bond motifs is 1. The van der Waals surface area contributed by atoms with Crippen LogP contribution in [0.15, 0.2) is 48.5 Å². The highest BCUT2D eigenvalue weighted by Gasteiger charge is 2.07. The van der Waals surface area contributed by atoms with Crippen LogP contribution in [0.3, 0.4) is 0 Å². The fourth-order valence-electron chi connectivity index (χ4n) is 2.27. The maximum atomic E-state index is 11.6. The molecule has 0 bridgehead atoms. The molecule has 0 saturated heterocycles. The van der Waals surface area contributed by atoms with Crippen molar-refractivity contribution in [3.05, 3.63) is 48.5 Å². The Hall–Kier alpha value is -2.62. The number of hydrogen-bond donors (Lipinski definition) is 2. The van der Waals surface area contributed by atoms with E-state index in [1.165, 1.54) is 0 Å². The third-order valence-electron chi connectivity index (χ3n) is 3.29. The van der Waals surface area contributed by atoms with Gasteiger partial charge in [-0.3, -0.25) is 4.79 Å². The fourth-order valence-corrected chi connectivity index (χ4v) is 2.27. The van der Waals surface area contributed by atoms with Crippen LogP contribution in [0.4, 0.5) is 5.69 Å². The minimum Gasteiger partial charge on any atom is -0.338 e. The number of nitrogens with zero attached hydrogens (tertiary/aromatic N) is 1. The maximum absolute atomic E-state index is 11.6. The van der Waals surface area contributed by atoms with Gasteiger partial charge in [-0.25, -0.2) is 4.98 Å². The SMILES string of the molecule is CCCC(=O)Nc1ccc2[nH]c(-c3ccccc3)nc2c1. The third kappa shape index (κ3) is 2.94. The second-order valence-corrected chi connectivity index (χ2v) is 4.98. The minimum absolute atomic E-state index is 0.0377. The van der Waals surface area contributed by atoms with Crippen LogP contribution in [0.1, 0.15) is 19.8 Å². The van der Waals surface area contributed by atoms with Crippen molar-refractivity contribution in [1.82, 2.24) is 9.97 Å². The van der Waals surface area contributed by atoms with Gasteiger partial charge in [0.1, 0.15) is 5.82 Å². The molecule has 3 aromatic rings. The molecule has 21 heavy (non-hydrogen) atoms. The van der Waals surface area contributed by atoms with Gasteiger partial charge < -0.3 is 10.3 Å². The molecule has 0 spiro atoms. The molecular weight excluding hydrogens is 262 g/mol. The highest BCUT2D eigenvalue weighted by Crippen LogP contribution is 2.22. The van der Waals surface area contributed by atoms with Gasteiger partial charge in [-0.1, -0.05) is 37.3 Å². The van der Waals surface area contributed by atoms with Crippen LogP contribution < -0.4 is 5.32 Å². The number of H-pyrrole nitrogens is 1. The molecule has 4 nitrogen and oxygen atoms in total. The van der Waals surface area contributed by atoms with Gasteiger partial charge in [-0.2, -0.15) is 0 Å². The Morgan fingerprint density at radius 1 is 1.19 bits per heavy atom. The average Bonchev–Trinajstić information content (AvgIpc) is 2.91. The standard InChI is InChI=1S/C17H17N3O/c1-2-6-16(21)18-13-9-10-14-15(11-13)20-17(19-14)12-7-4-3-5-8-12/h3-5,7-11H,2,6H2,1H3,(H,18,21)(H,19,20). The first-order valence-corrected chi connectivity index (χ1v) is 7.11. The smallest absolute Gasteiger partial charge is 0.224 e. The topological polar surface area (TPSA) is 57.8 Å². The zero-order valence-corrected chi connectivity index (χ0v) is 11.9. The molecular formula is C17H17N3O. The number of amides is 1. The molecule has 106 valence electrons. The van der Waals surface area contributed by atoms with Gasteiger partial charge in [0.15, 0.2) is 0 Å². The Kier molecular flexibility index (Phi) is 3.69. The van der Waals surface area contributed by atoms with E-state index in [9.17, 15) is 4.79 Å². The van der Waals surface area contributed by atoms with Crippen LogP contribution in [0.5, 0.6) is 0 Å². The number of anilines is 1. The second-order valence-electron chi connectivity index (χ2n) is 4.98. The van der Waals surface area contributed by atoms with E-state index in [0.29, 0.717) is 6.42 Å². The Labute approximate surface area is 123 Å². The lowest BCUT2D eigenvalue weighted by Gasteiger charge is -2.03. The number of benzene rings is 2. The lowest BCUT2D eigenvalue weighted by Crippen LogP contribution is -2.10. The first kappa shape index (κ1) is 13.4. The van der Waals surface area contributed by atoms with Crippen molar-refractivity contribution in [2.75, 3.05) is 5.32 Å². The largest absolute Gasteiger partial charge is 0.338 e. The van der Waals surface area contributed by atoms with Gasteiger partial charge in [0.05, 0.1) is 11.0 Å². The lowest BCUT2D eigenvalue weighted by atomic mass is 10.2. The summed E-state index contributed by atoms with van der Waals surface area (Å²) in [6.07, 6.45) is 1.38. The first-order chi connectivity index (χ1) is 10.3. The van der Waals surface area contributed by atoms with E-state index in [-0.39, 0.29) is 5.91 Å². The van der Waals surface area contributed by atoms with Gasteiger partial charge >= 0.3 is 0 Å². The van der Waals surface area contributed by atoms with Crippen LogP contribution >= 0.6 is 0 Å². The molecule has 1 amide bonds. The number of rotatable bonds is 4. The quantitative estimate of drug-likeness (QED) is 0.759. The van der Waals surface area contributed by atoms with Crippen molar-refractivity contribution in [2.24, 2.45) is 0 Å². The Morgan fingerprint density at radius 2 is 2.00 bits per heavy atom. The van der Waals surface area contributed by atoms with Gasteiger partial charge in [0, 0.05) is 17.7 Å². The summed E-state index contributed by atoms with van der Waals surface area (Å²) < 4.78 is 0. The molecule has 1 heterocycles. The molecule has 1 aromatic heterocycles. The molecule has 0 unspecified atom stereocenters. The average molecular weight is 279 g/mol. The number of carbonyl (C=O) groups is 1. The van der Waals surface area contributed by atoms with Crippen LogP contribution in [0.2, 0.25) is 0 Å². The molecule has 0 aliphatic rings. The highest BCUT2D eigenvalue weighted by atomic mass is 16.1. The Bertz CT molecular complexity index is 762. The summed E-state index contributed by atoms with van der Waals surface area (Å²) in [6, 6.07) is 15.7. The second kappa shape index (κ2) is 5.79. The number of aromatic amines is 1. The van der Waals surface area contributed by atoms with Crippen molar-refractivity contribution in [2.45, 2.75) is 19.8 Å². The Balaban J connectivity index is 1.90. The summed E-state index contributed by atoms with van der Waals surface area (Å²) in [5.41, 5.74) is 3.64. The zero-order chi connectivity index (χ0) is 14.7. The third-order valence-corrected chi connectivity index (χ3v) is 3.29. The van der Waals surface area contributed by atoms with E-state index in [2.05, 4.69) is 15.3 Å². The van der Waals surface area contributed by atoms with Gasteiger partial charge in [0.25, 0.3) is 0 Å². The molecule has 2 N–H and O–H groups in total. The summed E-state index contributed by atoms with van der Waals surface area (Å²) in [7, 11) is 0. The molecule has 0 aliphatic heterocycles. The normalized spacial score (nSPS) is 10.7. The van der Waals surface area contributed by atoms with Crippen LogP contribution in [0.25, 0.3) is 22.4 Å². The molecule has 0 saturated carbocycles. The summed E-state index contributed by atoms with van der Waals surface area (Å²) in [6.45, 7) is 1.99. The number of nitrogens with one attached hydrogen (secondary N) is 2. The van der Waals surface area contributed by atoms with E-state index in [0.717, 1.165) is 34.5 Å². The van der Waals surface area contributed by atoms with Crippen LogP contribution in [-0.4, -0.2) is 15.9 Å². The monoisotopic (exact) mass is 279 g/mol. The molecule has 2 aromatic carbocycles. The molecule has 3 rings (SSSR count). The van der Waals surface area contributed by atoms with E-state index in [4.69, 9.17) is 0 Å². The zero-order valence-electron chi connectivity index (χ0n) is 11.9. The molecule has 0 aliphatic carbocycles. The summed E-state index contributed by atoms with van der Waals surface area (Å²) in [4.78, 5) is 19.5. The van der Waals surface area contributed by atoms with Gasteiger partial charge in [-0.15, -0.1) is 0 Å². The molecule has 0 atom stereocenters. The van der Waals surface area contributed by atoms with E-state index < -0.39 is 0 Å². The number of hydrogen-bond acceptors (Lipinski definition) is 2. The van der Waals surface area contributed by atoms with Crippen molar-refractivity contribution in [1.29, 1.82) is 0 Å². The summed E-state index contributed by atoms with van der Waals surface area (Å²) >= 11 is 0. The van der Waals surface area contributed by atoms with Gasteiger partial charge in [-0.05, 0) is 24.6 Å². The maximum Gasteiger partial charge on any atom is 0.224 e. The van der Waals surface area contributed by atoms with Crippen LogP contribution in [-0.2, 0) is 4.79 Å². The minimum atomic E-state index is 0.0377. The van der Waals surface area contributed by atoms with Crippen molar-refractivity contribution in [3.8, 4) is 11.4 Å². The highest BCUT2D eigenvalue weighted by molar-refractivity contribution is 5.93. The Morgan fingerprint density at radius 3 is 2.76 bits per heavy atom. The lowest BCUT2D eigenvalue weighted by molar-refractivity contribution is -0.116. The fraction of sp³-hybridized carbons (Fsp3) is 0.176. The summed E-state index contributed by atoms with van der Waals surface area (Å²) in [5, 5.41) is 2.89. The van der Waals surface area contributed by atoms with Crippen molar-refractivity contribution >= 4 is 22.6 Å². The predicted molar refractivity (Wildman–Crippen MR) is 85.1 cm³/mol.